The minimum atomic E-state index is -0.0482. The minimum Gasteiger partial charge on any atom is -0.341 e. The van der Waals surface area contributed by atoms with E-state index in [1.165, 1.54) is 11.1 Å². The second kappa shape index (κ2) is 8.38. The number of aromatic nitrogens is 4. The van der Waals surface area contributed by atoms with Crippen LogP contribution >= 0.6 is 0 Å². The van der Waals surface area contributed by atoms with Gasteiger partial charge in [-0.3, -0.25) is 4.79 Å². The molecule has 6 nitrogen and oxygen atoms in total. The molecule has 1 aliphatic carbocycles. The molecule has 1 aliphatic rings. The summed E-state index contributed by atoms with van der Waals surface area (Å²) in [5.74, 6) is 0.442. The predicted octanol–water partition coefficient (Wildman–Crippen LogP) is 4.05. The third-order valence-electron chi connectivity index (χ3n) is 6.14. The fourth-order valence-corrected chi connectivity index (χ4v) is 4.22. The van der Waals surface area contributed by atoms with Crippen LogP contribution in [0, 0.1) is 6.92 Å². The number of hydrogen-bond acceptors (Lipinski definition) is 4. The molecule has 32 heavy (non-hydrogen) atoms. The van der Waals surface area contributed by atoms with Crippen LogP contribution in [0.25, 0.3) is 17.2 Å². The summed E-state index contributed by atoms with van der Waals surface area (Å²) in [4.78, 5) is 24.2. The van der Waals surface area contributed by atoms with Crippen molar-refractivity contribution in [3.8, 4) is 17.2 Å². The molecule has 6 heteroatoms. The lowest BCUT2D eigenvalue weighted by Gasteiger charge is -2.19. The standard InChI is InChI=1S/C26H25N5O/c1-18-23(25(32)30(2)15-14-19-8-4-3-5-9-19)17-28-31(18)26-27-16-21-13-12-20-10-6-7-11-22(20)24(21)29-26/h3-11,16-17H,12-15H2,1-2H3. The summed E-state index contributed by atoms with van der Waals surface area (Å²) in [5.41, 5.74) is 7.08. The van der Waals surface area contributed by atoms with Crippen LogP contribution in [0.5, 0.6) is 0 Å². The first-order chi connectivity index (χ1) is 15.6. The fraction of sp³-hybridized carbons (Fsp3) is 0.231. The molecule has 160 valence electrons. The number of carbonyl (C=O) groups excluding carboxylic acids is 1. The van der Waals surface area contributed by atoms with Gasteiger partial charge in [0.25, 0.3) is 11.9 Å². The lowest BCUT2D eigenvalue weighted by atomic mass is 9.90. The number of carbonyl (C=O) groups is 1. The van der Waals surface area contributed by atoms with Crippen LogP contribution in [0.3, 0.4) is 0 Å². The van der Waals surface area contributed by atoms with Gasteiger partial charge in [0, 0.05) is 25.4 Å². The Balaban J connectivity index is 1.39. The number of rotatable bonds is 5. The summed E-state index contributed by atoms with van der Waals surface area (Å²) in [6, 6.07) is 18.5. The van der Waals surface area contributed by atoms with E-state index < -0.39 is 0 Å². The molecule has 5 rings (SSSR count). The van der Waals surface area contributed by atoms with Gasteiger partial charge in [0.1, 0.15) is 0 Å². The zero-order chi connectivity index (χ0) is 22.1. The molecule has 0 radical (unpaired) electrons. The van der Waals surface area contributed by atoms with Gasteiger partial charge < -0.3 is 4.90 Å². The molecular weight excluding hydrogens is 398 g/mol. The van der Waals surface area contributed by atoms with Gasteiger partial charge in [-0.05, 0) is 42.9 Å². The molecule has 0 spiro atoms. The van der Waals surface area contributed by atoms with Crippen molar-refractivity contribution in [3.63, 3.8) is 0 Å². The molecule has 0 saturated heterocycles. The average Bonchev–Trinajstić information content (AvgIpc) is 3.23. The zero-order valence-corrected chi connectivity index (χ0v) is 18.3. The van der Waals surface area contributed by atoms with E-state index in [-0.39, 0.29) is 5.91 Å². The van der Waals surface area contributed by atoms with Crippen LogP contribution < -0.4 is 0 Å². The number of nitrogens with zero attached hydrogens (tertiary/aromatic N) is 5. The molecule has 4 aromatic rings. The van der Waals surface area contributed by atoms with Crippen LogP contribution in [0.1, 0.15) is 32.7 Å². The Morgan fingerprint density at radius 3 is 2.59 bits per heavy atom. The molecule has 2 aromatic carbocycles. The molecule has 0 atom stereocenters. The molecule has 0 N–H and O–H groups in total. The first kappa shape index (κ1) is 20.1. The smallest absolute Gasteiger partial charge is 0.257 e. The van der Waals surface area contributed by atoms with E-state index in [1.54, 1.807) is 15.8 Å². The van der Waals surface area contributed by atoms with Crippen molar-refractivity contribution < 1.29 is 4.79 Å². The van der Waals surface area contributed by atoms with E-state index in [2.05, 4.69) is 40.4 Å². The predicted molar refractivity (Wildman–Crippen MR) is 124 cm³/mol. The number of hydrogen-bond donors (Lipinski definition) is 0. The summed E-state index contributed by atoms with van der Waals surface area (Å²) >= 11 is 0. The maximum atomic E-state index is 13.1. The molecule has 2 aromatic heterocycles. The quantitative estimate of drug-likeness (QED) is 0.486. The summed E-state index contributed by atoms with van der Waals surface area (Å²) in [5, 5.41) is 4.46. The molecule has 0 aliphatic heterocycles. The SMILES string of the molecule is Cc1c(C(=O)N(C)CCc2ccccc2)cnn1-c1ncc2c(n1)-c1ccccc1CC2. The van der Waals surface area contributed by atoms with Crippen LogP contribution in [-0.4, -0.2) is 44.1 Å². The molecule has 2 heterocycles. The van der Waals surface area contributed by atoms with Gasteiger partial charge in [-0.1, -0.05) is 54.6 Å². The first-order valence-corrected chi connectivity index (χ1v) is 10.9. The van der Waals surface area contributed by atoms with Crippen molar-refractivity contribution in [3.05, 3.63) is 94.9 Å². The van der Waals surface area contributed by atoms with Crippen LogP contribution in [-0.2, 0) is 19.3 Å². The number of amides is 1. The van der Waals surface area contributed by atoms with Crippen molar-refractivity contribution in [1.29, 1.82) is 0 Å². The Morgan fingerprint density at radius 1 is 1.00 bits per heavy atom. The Kier molecular flexibility index (Phi) is 5.27. The third-order valence-corrected chi connectivity index (χ3v) is 6.14. The highest BCUT2D eigenvalue weighted by Crippen LogP contribution is 2.31. The topological polar surface area (TPSA) is 63.9 Å². The largest absolute Gasteiger partial charge is 0.341 e. The highest BCUT2D eigenvalue weighted by atomic mass is 16.2. The van der Waals surface area contributed by atoms with Crippen molar-refractivity contribution in [2.75, 3.05) is 13.6 Å². The Hall–Kier alpha value is -3.80. The fourth-order valence-electron chi connectivity index (χ4n) is 4.22. The van der Waals surface area contributed by atoms with Gasteiger partial charge in [0.2, 0.25) is 0 Å². The molecular formula is C26H25N5O. The van der Waals surface area contributed by atoms with E-state index in [9.17, 15) is 4.79 Å². The lowest BCUT2D eigenvalue weighted by Crippen LogP contribution is -2.29. The normalized spacial score (nSPS) is 12.2. The van der Waals surface area contributed by atoms with Crippen molar-refractivity contribution >= 4 is 5.91 Å². The van der Waals surface area contributed by atoms with Crippen LogP contribution in [0.2, 0.25) is 0 Å². The van der Waals surface area contributed by atoms with Gasteiger partial charge in [-0.2, -0.15) is 5.10 Å². The Bertz CT molecular complexity index is 1280. The van der Waals surface area contributed by atoms with Crippen LogP contribution in [0.4, 0.5) is 0 Å². The van der Waals surface area contributed by atoms with Gasteiger partial charge in [-0.15, -0.1) is 0 Å². The molecule has 0 unspecified atom stereocenters. The third kappa shape index (κ3) is 3.68. The van der Waals surface area contributed by atoms with E-state index in [1.807, 2.05) is 44.4 Å². The Labute approximate surface area is 187 Å². The first-order valence-electron chi connectivity index (χ1n) is 10.9. The minimum absolute atomic E-state index is 0.0482. The van der Waals surface area contributed by atoms with E-state index >= 15 is 0 Å². The highest BCUT2D eigenvalue weighted by Gasteiger charge is 2.22. The lowest BCUT2D eigenvalue weighted by molar-refractivity contribution is 0.0796. The second-order valence-electron chi connectivity index (χ2n) is 8.22. The molecule has 0 bridgehead atoms. The number of likely N-dealkylation sites (N-methyl/N-ethyl adjacent to an activating group) is 1. The maximum absolute atomic E-state index is 13.1. The van der Waals surface area contributed by atoms with Crippen molar-refractivity contribution in [2.24, 2.45) is 0 Å². The summed E-state index contributed by atoms with van der Waals surface area (Å²) in [6.07, 6.45) is 6.25. The molecule has 1 amide bonds. The summed E-state index contributed by atoms with van der Waals surface area (Å²) < 4.78 is 1.66. The monoisotopic (exact) mass is 423 g/mol. The number of benzene rings is 2. The number of aryl methyl sites for hydroxylation is 2. The molecule has 0 fully saturated rings. The van der Waals surface area contributed by atoms with Gasteiger partial charge in [0.15, 0.2) is 0 Å². The maximum Gasteiger partial charge on any atom is 0.257 e. The zero-order valence-electron chi connectivity index (χ0n) is 18.3. The second-order valence-corrected chi connectivity index (χ2v) is 8.22. The average molecular weight is 424 g/mol. The van der Waals surface area contributed by atoms with E-state index in [4.69, 9.17) is 4.98 Å². The van der Waals surface area contributed by atoms with E-state index in [0.29, 0.717) is 18.1 Å². The highest BCUT2D eigenvalue weighted by molar-refractivity contribution is 5.95. The van der Waals surface area contributed by atoms with Gasteiger partial charge >= 0.3 is 0 Å². The summed E-state index contributed by atoms with van der Waals surface area (Å²) in [6.45, 7) is 2.53. The molecule has 0 saturated carbocycles. The van der Waals surface area contributed by atoms with Gasteiger partial charge in [-0.25, -0.2) is 14.6 Å². The van der Waals surface area contributed by atoms with Crippen molar-refractivity contribution in [1.82, 2.24) is 24.6 Å². The Morgan fingerprint density at radius 2 is 1.75 bits per heavy atom. The van der Waals surface area contributed by atoms with Gasteiger partial charge in [0.05, 0.1) is 23.1 Å². The van der Waals surface area contributed by atoms with Crippen molar-refractivity contribution in [2.45, 2.75) is 26.2 Å². The van der Waals surface area contributed by atoms with E-state index in [0.717, 1.165) is 41.8 Å². The summed E-state index contributed by atoms with van der Waals surface area (Å²) in [7, 11) is 1.83. The number of fused-ring (bicyclic) bond motifs is 3. The van der Waals surface area contributed by atoms with Crippen LogP contribution in [0.15, 0.2) is 67.0 Å².